The van der Waals surface area contributed by atoms with Crippen LogP contribution in [0.15, 0.2) is 42.9 Å². The highest BCUT2D eigenvalue weighted by Crippen LogP contribution is 2.18. The highest BCUT2D eigenvalue weighted by atomic mass is 16.1. The van der Waals surface area contributed by atoms with Crippen molar-refractivity contribution in [3.05, 3.63) is 54.0 Å². The van der Waals surface area contributed by atoms with Crippen LogP contribution >= 0.6 is 0 Å². The van der Waals surface area contributed by atoms with Gasteiger partial charge in [-0.25, -0.2) is 0 Å². The molecule has 0 aliphatic rings. The largest absolute Gasteiger partial charge is 0.361 e. The maximum absolute atomic E-state index is 12.2. The molecule has 0 aliphatic carbocycles. The van der Waals surface area contributed by atoms with E-state index in [-0.39, 0.29) is 11.4 Å². The number of rotatable bonds is 4. The molecule has 120 valence electrons. The Bertz CT molecular complexity index is 823. The minimum Gasteiger partial charge on any atom is -0.361 e. The summed E-state index contributed by atoms with van der Waals surface area (Å²) in [6, 6.07) is 8.19. The van der Waals surface area contributed by atoms with Gasteiger partial charge in [0.25, 0.3) is 5.91 Å². The second-order valence-corrected chi connectivity index (χ2v) is 6.71. The van der Waals surface area contributed by atoms with Gasteiger partial charge in [-0.15, -0.1) is 0 Å². The van der Waals surface area contributed by atoms with Gasteiger partial charge in [0.2, 0.25) is 0 Å². The van der Waals surface area contributed by atoms with Gasteiger partial charge in [-0.05, 0) is 38.8 Å². The van der Waals surface area contributed by atoms with Gasteiger partial charge in [0.05, 0.1) is 17.3 Å². The summed E-state index contributed by atoms with van der Waals surface area (Å²) in [6.07, 6.45) is 6.21. The lowest BCUT2D eigenvalue weighted by Gasteiger charge is -2.18. The topological polar surface area (TPSA) is 62.7 Å². The lowest BCUT2D eigenvalue weighted by Crippen LogP contribution is -2.26. The van der Waals surface area contributed by atoms with Gasteiger partial charge in [0, 0.05) is 29.8 Å². The molecule has 0 radical (unpaired) electrons. The molecule has 3 aromatic rings. The molecule has 5 heteroatoms. The zero-order valence-electron chi connectivity index (χ0n) is 13.8. The molecule has 0 spiro atoms. The van der Waals surface area contributed by atoms with Gasteiger partial charge < -0.3 is 10.3 Å². The Balaban J connectivity index is 1.60. The molecule has 2 heterocycles. The number of amides is 1. The predicted molar refractivity (Wildman–Crippen MR) is 91.6 cm³/mol. The number of para-hydroxylation sites is 1. The number of hydrogen-bond donors (Lipinski definition) is 2. The summed E-state index contributed by atoms with van der Waals surface area (Å²) in [6.45, 7) is 6.76. The normalized spacial score (nSPS) is 11.8. The van der Waals surface area contributed by atoms with Crippen LogP contribution in [0.1, 0.15) is 36.7 Å². The Morgan fingerprint density at radius 1 is 1.30 bits per heavy atom. The number of hydrogen-bond acceptors (Lipinski definition) is 2. The molecule has 0 saturated carbocycles. The fourth-order valence-corrected chi connectivity index (χ4v) is 2.56. The second-order valence-electron chi connectivity index (χ2n) is 6.71. The first-order chi connectivity index (χ1) is 10.9. The first-order valence-electron chi connectivity index (χ1n) is 7.83. The van der Waals surface area contributed by atoms with E-state index in [1.54, 1.807) is 12.4 Å². The predicted octanol–water partition coefficient (Wildman–Crippen LogP) is 3.09. The van der Waals surface area contributed by atoms with Crippen molar-refractivity contribution in [2.75, 3.05) is 6.54 Å². The van der Waals surface area contributed by atoms with Crippen molar-refractivity contribution >= 4 is 16.8 Å². The smallest absolute Gasteiger partial charge is 0.254 e. The summed E-state index contributed by atoms with van der Waals surface area (Å²) in [5.74, 6) is -0.0830. The average Bonchev–Trinajstić information content (AvgIpc) is 3.14. The molecule has 23 heavy (non-hydrogen) atoms. The third kappa shape index (κ3) is 3.28. The lowest BCUT2D eigenvalue weighted by molar-refractivity contribution is 0.0954. The Hall–Kier alpha value is -2.56. The van der Waals surface area contributed by atoms with Crippen LogP contribution in [-0.4, -0.2) is 27.2 Å². The van der Waals surface area contributed by atoms with E-state index in [1.807, 2.05) is 23.0 Å². The Labute approximate surface area is 135 Å². The second kappa shape index (κ2) is 5.91. The molecule has 0 bridgehead atoms. The van der Waals surface area contributed by atoms with Crippen LogP contribution in [0.2, 0.25) is 0 Å². The van der Waals surface area contributed by atoms with Crippen LogP contribution in [0.5, 0.6) is 0 Å². The van der Waals surface area contributed by atoms with Crippen LogP contribution in [0, 0.1) is 0 Å². The Kier molecular flexibility index (Phi) is 3.94. The molecule has 5 nitrogen and oxygen atoms in total. The molecule has 0 fully saturated rings. The third-order valence-corrected chi connectivity index (χ3v) is 3.89. The summed E-state index contributed by atoms with van der Waals surface area (Å²) in [5, 5.41) is 8.43. The first kappa shape index (κ1) is 15.3. The van der Waals surface area contributed by atoms with Gasteiger partial charge in [0.15, 0.2) is 0 Å². The van der Waals surface area contributed by atoms with Gasteiger partial charge in [-0.3, -0.25) is 9.48 Å². The third-order valence-electron chi connectivity index (χ3n) is 3.89. The van der Waals surface area contributed by atoms with Gasteiger partial charge in [0.1, 0.15) is 0 Å². The minimum absolute atomic E-state index is 0.0830. The molecule has 0 saturated heterocycles. The van der Waals surface area contributed by atoms with E-state index >= 15 is 0 Å². The highest BCUT2D eigenvalue weighted by molar-refractivity contribution is 5.93. The molecular weight excluding hydrogens is 288 g/mol. The van der Waals surface area contributed by atoms with E-state index in [4.69, 9.17) is 0 Å². The van der Waals surface area contributed by atoms with Crippen molar-refractivity contribution in [2.24, 2.45) is 0 Å². The fraction of sp³-hybridized carbons (Fsp3) is 0.333. The number of benzene rings is 1. The molecule has 2 N–H and O–H groups in total. The number of H-pyrrole nitrogens is 1. The van der Waals surface area contributed by atoms with Crippen molar-refractivity contribution in [3.63, 3.8) is 0 Å². The molecule has 0 aliphatic heterocycles. The van der Waals surface area contributed by atoms with Crippen LogP contribution < -0.4 is 5.32 Å². The maximum Gasteiger partial charge on any atom is 0.254 e. The number of fused-ring (bicyclic) bond motifs is 1. The average molecular weight is 310 g/mol. The first-order valence-corrected chi connectivity index (χ1v) is 7.83. The highest BCUT2D eigenvalue weighted by Gasteiger charge is 2.16. The number of carbonyl (C=O) groups is 1. The van der Waals surface area contributed by atoms with E-state index in [2.05, 4.69) is 48.3 Å². The minimum atomic E-state index is -0.122. The maximum atomic E-state index is 12.2. The number of nitrogens with one attached hydrogen (secondary N) is 2. The van der Waals surface area contributed by atoms with Crippen molar-refractivity contribution in [2.45, 2.75) is 32.7 Å². The van der Waals surface area contributed by atoms with Crippen molar-refractivity contribution in [1.29, 1.82) is 0 Å². The summed E-state index contributed by atoms with van der Waals surface area (Å²) in [7, 11) is 0. The monoisotopic (exact) mass is 310 g/mol. The SMILES string of the molecule is CC(C)(C)n1cc(C(=O)NCCc2c[nH]c3ccccc23)cn1. The van der Waals surface area contributed by atoms with Gasteiger partial charge in [-0.2, -0.15) is 5.10 Å². The fourth-order valence-electron chi connectivity index (χ4n) is 2.56. The lowest BCUT2D eigenvalue weighted by atomic mass is 10.1. The van der Waals surface area contributed by atoms with Crippen molar-refractivity contribution in [1.82, 2.24) is 20.1 Å². The van der Waals surface area contributed by atoms with Crippen molar-refractivity contribution in [3.8, 4) is 0 Å². The number of carbonyl (C=O) groups excluding carboxylic acids is 1. The van der Waals surface area contributed by atoms with Crippen LogP contribution in [-0.2, 0) is 12.0 Å². The molecular formula is C18H22N4O. The van der Waals surface area contributed by atoms with Gasteiger partial charge >= 0.3 is 0 Å². The summed E-state index contributed by atoms with van der Waals surface area (Å²) >= 11 is 0. The summed E-state index contributed by atoms with van der Waals surface area (Å²) < 4.78 is 1.81. The van der Waals surface area contributed by atoms with Crippen LogP contribution in [0.4, 0.5) is 0 Å². The Morgan fingerprint density at radius 2 is 2.09 bits per heavy atom. The zero-order chi connectivity index (χ0) is 16.4. The summed E-state index contributed by atoms with van der Waals surface area (Å²) in [4.78, 5) is 15.5. The molecule has 3 rings (SSSR count). The van der Waals surface area contributed by atoms with Gasteiger partial charge in [-0.1, -0.05) is 18.2 Å². The zero-order valence-corrected chi connectivity index (χ0v) is 13.8. The number of aromatic nitrogens is 3. The molecule has 1 amide bonds. The van der Waals surface area contributed by atoms with Crippen molar-refractivity contribution < 1.29 is 4.79 Å². The number of aromatic amines is 1. The van der Waals surface area contributed by atoms with E-state index in [9.17, 15) is 4.79 Å². The molecule has 2 aromatic heterocycles. The van der Waals surface area contributed by atoms with E-state index in [1.165, 1.54) is 10.9 Å². The van der Waals surface area contributed by atoms with E-state index in [0.29, 0.717) is 12.1 Å². The number of nitrogens with zero attached hydrogens (tertiary/aromatic N) is 2. The molecule has 1 aromatic carbocycles. The standard InChI is InChI=1S/C18H22N4O/c1-18(2,3)22-12-14(11-21-22)17(23)19-9-8-13-10-20-16-7-5-4-6-15(13)16/h4-7,10-12,20H,8-9H2,1-3H3,(H,19,23). The van der Waals surface area contributed by atoms with E-state index in [0.717, 1.165) is 11.9 Å². The van der Waals surface area contributed by atoms with Crippen LogP contribution in [0.3, 0.4) is 0 Å². The Morgan fingerprint density at radius 3 is 2.83 bits per heavy atom. The molecule has 0 unspecified atom stereocenters. The quantitative estimate of drug-likeness (QED) is 0.778. The molecule has 0 atom stereocenters. The van der Waals surface area contributed by atoms with E-state index < -0.39 is 0 Å². The van der Waals surface area contributed by atoms with Crippen LogP contribution in [0.25, 0.3) is 10.9 Å². The summed E-state index contributed by atoms with van der Waals surface area (Å²) in [5.41, 5.74) is 2.81.